The minimum atomic E-state index is 0.889. The highest BCUT2D eigenvalue weighted by Gasteiger charge is 1.92. The Bertz CT molecular complexity index is 53.3. The van der Waals surface area contributed by atoms with E-state index in [-0.39, 0.29) is 0 Å². The quantitative estimate of drug-likeness (QED) is 0.258. The Kier molecular flexibility index (Phi) is 6.77. The lowest BCUT2D eigenvalue weighted by atomic mass is 10.5. The summed E-state index contributed by atoms with van der Waals surface area (Å²) in [6.45, 7) is 3.83. The average molecular weight is 133 g/mol. The van der Waals surface area contributed by atoms with Crippen LogP contribution in [0.25, 0.3) is 0 Å². The van der Waals surface area contributed by atoms with Gasteiger partial charge in [0.05, 0.1) is 13.2 Å². The van der Waals surface area contributed by atoms with Gasteiger partial charge >= 0.3 is 0 Å². The predicted octanol–water partition coefficient (Wildman–Crippen LogP) is -0.767. The molecule has 1 aliphatic rings. The van der Waals surface area contributed by atoms with E-state index in [4.69, 9.17) is 9.64 Å². The van der Waals surface area contributed by atoms with Crippen molar-refractivity contribution in [3.8, 4) is 0 Å². The van der Waals surface area contributed by atoms with Gasteiger partial charge in [-0.1, -0.05) is 0 Å². The molecule has 0 spiro atoms. The van der Waals surface area contributed by atoms with Crippen molar-refractivity contribution in [3.63, 3.8) is 0 Å². The molecule has 5 heteroatoms. The highest BCUT2D eigenvalue weighted by atomic mass is 16.5. The smallest absolute Gasteiger partial charge is 0.0591 e. The third-order valence-electron chi connectivity index (χ3n) is 0.846. The molecule has 1 saturated heterocycles. The van der Waals surface area contributed by atoms with Gasteiger partial charge in [0, 0.05) is 18.4 Å². The molecule has 1 aliphatic heterocycles. The summed E-state index contributed by atoms with van der Waals surface area (Å²) in [4.78, 5) is 8.33. The summed E-state index contributed by atoms with van der Waals surface area (Å²) < 4.78 is 5.01. The molecule has 54 valence electrons. The fraction of sp³-hybridized carbons (Fsp3) is 1.00. The third kappa shape index (κ3) is 7.32. The summed E-state index contributed by atoms with van der Waals surface area (Å²) in [6, 6.07) is 0. The second-order valence-corrected chi connectivity index (χ2v) is 1.47. The van der Waals surface area contributed by atoms with Crippen molar-refractivity contribution in [2.24, 2.45) is 11.1 Å². The molecule has 1 rings (SSSR count). The average Bonchev–Trinajstić information content (AvgIpc) is 1.93. The molecule has 0 aromatic heterocycles. The van der Waals surface area contributed by atoms with Gasteiger partial charge in [-0.15, -0.1) is 4.91 Å². The Labute approximate surface area is 53.5 Å². The fourth-order valence-electron chi connectivity index (χ4n) is 0.516. The molecule has 0 radical (unpaired) electrons. The highest BCUT2D eigenvalue weighted by Crippen LogP contribution is 1.76. The number of morpholine rings is 1. The maximum absolute atomic E-state index is 8.33. The van der Waals surface area contributed by atoms with Gasteiger partial charge in [-0.05, 0) is 0 Å². The van der Waals surface area contributed by atoms with Crippen LogP contribution < -0.4 is 11.2 Å². The fourth-order valence-corrected chi connectivity index (χ4v) is 0.516. The van der Waals surface area contributed by atoms with Gasteiger partial charge in [0.25, 0.3) is 0 Å². The first-order chi connectivity index (χ1) is 4.41. The van der Waals surface area contributed by atoms with Crippen LogP contribution in [0.5, 0.6) is 0 Å². The van der Waals surface area contributed by atoms with Crippen LogP contribution in [-0.2, 0) is 4.74 Å². The summed E-state index contributed by atoms with van der Waals surface area (Å²) in [5.41, 5.74) is 0. The van der Waals surface area contributed by atoms with Crippen LogP contribution in [0, 0.1) is 4.91 Å². The van der Waals surface area contributed by atoms with E-state index in [2.05, 4.69) is 11.2 Å². The number of rotatable bonds is 0. The molecule has 5 nitrogen and oxygen atoms in total. The van der Waals surface area contributed by atoms with E-state index in [1.807, 2.05) is 0 Å². The van der Waals surface area contributed by atoms with Crippen LogP contribution in [-0.4, -0.2) is 26.3 Å². The lowest BCUT2D eigenvalue weighted by Gasteiger charge is -2.10. The van der Waals surface area contributed by atoms with Gasteiger partial charge < -0.3 is 10.1 Å². The van der Waals surface area contributed by atoms with Crippen LogP contribution in [0.15, 0.2) is 5.29 Å². The maximum atomic E-state index is 8.33. The maximum Gasteiger partial charge on any atom is 0.0591 e. The molecule has 9 heavy (non-hydrogen) atoms. The number of nitroso groups, excluding NO2 is 1. The third-order valence-corrected chi connectivity index (χ3v) is 0.846. The molecule has 0 aromatic rings. The zero-order valence-corrected chi connectivity index (χ0v) is 5.17. The standard InChI is InChI=1S/C4H9NO.H2N2O/c1-3-6-4-2-5-1;1-2-3/h5H,1-4H2;(H2,1,3). The highest BCUT2D eigenvalue weighted by molar-refractivity contribution is 4.49. The summed E-state index contributed by atoms with van der Waals surface area (Å²) in [5.74, 6) is 3.92. The van der Waals surface area contributed by atoms with Crippen LogP contribution in [0.1, 0.15) is 0 Å². The van der Waals surface area contributed by atoms with Gasteiger partial charge in [-0.2, -0.15) is 0 Å². The van der Waals surface area contributed by atoms with E-state index in [1.165, 1.54) is 0 Å². The molecular formula is C4H11N3O2. The lowest BCUT2D eigenvalue weighted by molar-refractivity contribution is 0.109. The molecule has 1 heterocycles. The van der Waals surface area contributed by atoms with Crippen molar-refractivity contribution in [1.82, 2.24) is 5.32 Å². The second-order valence-electron chi connectivity index (χ2n) is 1.47. The first-order valence-electron chi connectivity index (χ1n) is 2.73. The van der Waals surface area contributed by atoms with Gasteiger partial charge in [-0.25, -0.2) is 0 Å². The number of nitrogens with one attached hydrogen (secondary N) is 1. The molecule has 0 amide bonds. The zero-order valence-electron chi connectivity index (χ0n) is 5.17. The van der Waals surface area contributed by atoms with Crippen LogP contribution in [0.3, 0.4) is 0 Å². The van der Waals surface area contributed by atoms with Crippen molar-refractivity contribution in [1.29, 1.82) is 0 Å². The predicted molar refractivity (Wildman–Crippen MR) is 33.7 cm³/mol. The first kappa shape index (κ1) is 8.32. The van der Waals surface area contributed by atoms with Crippen molar-refractivity contribution >= 4 is 0 Å². The first-order valence-corrected chi connectivity index (χ1v) is 2.73. The molecular weight excluding hydrogens is 122 g/mol. The number of hydrogen-bond acceptors (Lipinski definition) is 4. The van der Waals surface area contributed by atoms with E-state index < -0.39 is 0 Å². The van der Waals surface area contributed by atoms with Crippen molar-refractivity contribution in [3.05, 3.63) is 4.91 Å². The topological polar surface area (TPSA) is 76.7 Å². The van der Waals surface area contributed by atoms with E-state index in [0.717, 1.165) is 26.3 Å². The minimum Gasteiger partial charge on any atom is -0.379 e. The van der Waals surface area contributed by atoms with Crippen LogP contribution in [0.2, 0.25) is 0 Å². The van der Waals surface area contributed by atoms with E-state index in [0.29, 0.717) is 0 Å². The summed E-state index contributed by atoms with van der Waals surface area (Å²) in [5, 5.41) is 4.91. The van der Waals surface area contributed by atoms with E-state index in [9.17, 15) is 0 Å². The minimum absolute atomic E-state index is 0.889. The SMILES string of the molecule is C1COCCN1.NN=O. The second kappa shape index (κ2) is 7.32. The van der Waals surface area contributed by atoms with Crippen molar-refractivity contribution < 1.29 is 4.74 Å². The Hall–Kier alpha value is -0.680. The molecule has 0 unspecified atom stereocenters. The number of ether oxygens (including phenoxy) is 1. The molecule has 1 fully saturated rings. The van der Waals surface area contributed by atoms with E-state index in [1.54, 1.807) is 5.29 Å². The van der Waals surface area contributed by atoms with Gasteiger partial charge in [0.15, 0.2) is 0 Å². The summed E-state index contributed by atoms with van der Waals surface area (Å²) in [7, 11) is 0. The van der Waals surface area contributed by atoms with Crippen LogP contribution >= 0.6 is 0 Å². The normalized spacial score (nSPS) is 17.3. The molecule has 0 saturated carbocycles. The molecule has 3 N–H and O–H groups in total. The Balaban J connectivity index is 0.000000187. The number of hydrogen-bond donors (Lipinski definition) is 2. The number of nitrogens with zero attached hydrogens (tertiary/aromatic N) is 1. The molecule has 0 aromatic carbocycles. The lowest BCUT2D eigenvalue weighted by Crippen LogP contribution is -2.30. The Morgan fingerprint density at radius 2 is 1.89 bits per heavy atom. The van der Waals surface area contributed by atoms with Gasteiger partial charge in [0.2, 0.25) is 0 Å². The Morgan fingerprint density at radius 3 is 2.00 bits per heavy atom. The Morgan fingerprint density at radius 1 is 1.44 bits per heavy atom. The van der Waals surface area contributed by atoms with Crippen molar-refractivity contribution in [2.45, 2.75) is 0 Å². The number of nitrogens with two attached hydrogens (primary N) is 1. The van der Waals surface area contributed by atoms with E-state index >= 15 is 0 Å². The summed E-state index contributed by atoms with van der Waals surface area (Å²) >= 11 is 0. The van der Waals surface area contributed by atoms with Gasteiger partial charge in [-0.3, -0.25) is 5.84 Å². The monoisotopic (exact) mass is 133 g/mol. The van der Waals surface area contributed by atoms with Crippen molar-refractivity contribution in [2.75, 3.05) is 26.3 Å². The molecule has 0 atom stereocenters. The zero-order chi connectivity index (χ0) is 6.95. The molecule has 0 aliphatic carbocycles. The largest absolute Gasteiger partial charge is 0.379 e. The van der Waals surface area contributed by atoms with Gasteiger partial charge in [0.1, 0.15) is 0 Å². The summed E-state index contributed by atoms with van der Waals surface area (Å²) in [6.07, 6.45) is 0. The van der Waals surface area contributed by atoms with Crippen LogP contribution in [0.4, 0.5) is 0 Å². The molecule has 0 bridgehead atoms.